The van der Waals surface area contributed by atoms with Crippen LogP contribution in [0.2, 0.25) is 0 Å². The molecule has 1 unspecified atom stereocenters. The van der Waals surface area contributed by atoms with E-state index in [0.717, 1.165) is 16.1 Å². The van der Waals surface area contributed by atoms with E-state index in [0.29, 0.717) is 16.5 Å². The summed E-state index contributed by atoms with van der Waals surface area (Å²) in [5, 5.41) is 10.2. The molecule has 0 aliphatic carbocycles. The molecule has 0 radical (unpaired) electrons. The van der Waals surface area contributed by atoms with Crippen LogP contribution in [-0.4, -0.2) is 62.7 Å². The predicted molar refractivity (Wildman–Crippen MR) is 88.0 cm³/mol. The molecule has 0 aromatic carbocycles. The van der Waals surface area contributed by atoms with Crippen LogP contribution >= 0.6 is 48.0 Å². The third-order valence-electron chi connectivity index (χ3n) is 1.79. The first-order valence-electron chi connectivity index (χ1n) is 5.11. The summed E-state index contributed by atoms with van der Waals surface area (Å²) in [5.74, 6) is 0.617. The van der Waals surface area contributed by atoms with Crippen LogP contribution in [-0.2, 0) is 0 Å². The van der Waals surface area contributed by atoms with Gasteiger partial charge >= 0.3 is 0 Å². The maximum absolute atomic E-state index is 10.9. The Balaban J connectivity index is 4.18. The highest BCUT2D eigenvalue weighted by Crippen LogP contribution is 2.21. The maximum Gasteiger partial charge on any atom is 0.265 e. The van der Waals surface area contributed by atoms with Crippen molar-refractivity contribution < 1.29 is 4.92 Å². The van der Waals surface area contributed by atoms with Crippen molar-refractivity contribution in [2.75, 3.05) is 33.9 Å². The Hall–Kier alpha value is -0.120. The van der Waals surface area contributed by atoms with E-state index in [2.05, 4.69) is 0 Å². The number of hydrogen-bond donors (Lipinski definition) is 0. The molecule has 0 aromatic rings. The van der Waals surface area contributed by atoms with Crippen molar-refractivity contribution in [3.05, 3.63) is 10.1 Å². The van der Waals surface area contributed by atoms with Gasteiger partial charge < -0.3 is 9.80 Å². The summed E-state index contributed by atoms with van der Waals surface area (Å²) >= 11 is 12.7. The second-order valence-corrected chi connectivity index (χ2v) is 7.36. The Kier molecular flexibility index (Phi) is 8.83. The number of rotatable bonds is 5. The first kappa shape index (κ1) is 17.9. The molecule has 0 amide bonds. The summed E-state index contributed by atoms with van der Waals surface area (Å²) in [7, 11) is 7.27. The van der Waals surface area contributed by atoms with Crippen LogP contribution in [0.1, 0.15) is 6.42 Å². The minimum atomic E-state index is -0.711. The lowest BCUT2D eigenvalue weighted by molar-refractivity contribution is -0.494. The van der Waals surface area contributed by atoms with Crippen LogP contribution in [0.5, 0.6) is 0 Å². The Morgan fingerprint density at radius 1 is 1.22 bits per heavy atom. The highest BCUT2D eigenvalue weighted by Gasteiger charge is 2.23. The van der Waals surface area contributed by atoms with Crippen LogP contribution in [0.15, 0.2) is 0 Å². The molecule has 0 spiro atoms. The van der Waals surface area contributed by atoms with E-state index >= 15 is 0 Å². The number of thiocarbonyl (C=S) groups is 2. The fourth-order valence-corrected chi connectivity index (χ4v) is 3.08. The molecule has 0 rings (SSSR count). The summed E-state index contributed by atoms with van der Waals surface area (Å²) in [6, 6.07) is 0. The molecule has 18 heavy (non-hydrogen) atoms. The lowest BCUT2D eigenvalue weighted by Crippen LogP contribution is -2.25. The molecular formula is C9H17N3O2S4. The van der Waals surface area contributed by atoms with Gasteiger partial charge in [0.25, 0.3) is 5.37 Å². The van der Waals surface area contributed by atoms with Crippen molar-refractivity contribution in [3.8, 4) is 0 Å². The van der Waals surface area contributed by atoms with Crippen molar-refractivity contribution >= 4 is 56.6 Å². The Morgan fingerprint density at radius 2 is 1.72 bits per heavy atom. The smallest absolute Gasteiger partial charge is 0.265 e. The molecule has 5 nitrogen and oxygen atoms in total. The molecule has 0 saturated heterocycles. The van der Waals surface area contributed by atoms with Crippen molar-refractivity contribution in [2.24, 2.45) is 0 Å². The number of nitro groups is 1. The van der Waals surface area contributed by atoms with E-state index in [-0.39, 0.29) is 4.92 Å². The Morgan fingerprint density at radius 3 is 2.11 bits per heavy atom. The number of hydrogen-bond acceptors (Lipinski definition) is 6. The van der Waals surface area contributed by atoms with Gasteiger partial charge in [0.1, 0.15) is 8.64 Å². The number of nitrogens with zero attached hydrogens (tertiary/aromatic N) is 3. The standard InChI is InChI=1S/C9H17N3O2S4/c1-10(2)8(15)17-6-5-7(12(13)14)18-9(16)11(3)4/h7H,5-6H2,1-4H3. The summed E-state index contributed by atoms with van der Waals surface area (Å²) in [4.78, 5) is 14.1. The highest BCUT2D eigenvalue weighted by atomic mass is 32.2. The van der Waals surface area contributed by atoms with Crippen LogP contribution in [0, 0.1) is 10.1 Å². The molecule has 0 heterocycles. The zero-order chi connectivity index (χ0) is 14.3. The average Bonchev–Trinajstić information content (AvgIpc) is 2.26. The van der Waals surface area contributed by atoms with Crippen LogP contribution in [0.25, 0.3) is 0 Å². The van der Waals surface area contributed by atoms with Crippen LogP contribution in [0.4, 0.5) is 0 Å². The molecular weight excluding hydrogens is 310 g/mol. The van der Waals surface area contributed by atoms with Gasteiger partial charge in [0, 0.05) is 45.3 Å². The fourth-order valence-electron chi connectivity index (χ4n) is 0.805. The molecule has 0 saturated carbocycles. The largest absolute Gasteiger partial charge is 0.364 e. The van der Waals surface area contributed by atoms with E-state index < -0.39 is 5.37 Å². The Labute approximate surface area is 127 Å². The number of thioether (sulfide) groups is 2. The molecule has 0 aromatic heterocycles. The zero-order valence-corrected chi connectivity index (χ0v) is 14.0. The van der Waals surface area contributed by atoms with E-state index in [1.807, 2.05) is 19.0 Å². The van der Waals surface area contributed by atoms with Crippen molar-refractivity contribution in [2.45, 2.75) is 11.8 Å². The van der Waals surface area contributed by atoms with Gasteiger partial charge in [-0.05, 0) is 11.8 Å². The second kappa shape index (κ2) is 8.89. The van der Waals surface area contributed by atoms with Gasteiger partial charge in [0.15, 0.2) is 0 Å². The molecule has 104 valence electrons. The highest BCUT2D eigenvalue weighted by molar-refractivity contribution is 8.23. The lowest BCUT2D eigenvalue weighted by Gasteiger charge is -2.16. The van der Waals surface area contributed by atoms with Gasteiger partial charge in [-0.3, -0.25) is 10.1 Å². The normalized spacial score (nSPS) is 11.8. The second-order valence-electron chi connectivity index (χ2n) is 3.82. The summed E-state index contributed by atoms with van der Waals surface area (Å²) in [6.07, 6.45) is 0.435. The third-order valence-corrected chi connectivity index (χ3v) is 5.46. The van der Waals surface area contributed by atoms with Gasteiger partial charge in [-0.15, -0.1) is 0 Å². The van der Waals surface area contributed by atoms with Gasteiger partial charge in [-0.25, -0.2) is 0 Å². The van der Waals surface area contributed by atoms with E-state index in [1.165, 1.54) is 11.8 Å². The maximum atomic E-state index is 10.9. The van der Waals surface area contributed by atoms with E-state index in [9.17, 15) is 10.1 Å². The van der Waals surface area contributed by atoms with Crippen LogP contribution in [0.3, 0.4) is 0 Å². The SMILES string of the molecule is CN(C)C(=S)SCCC(SC(=S)N(C)C)[N+](=O)[O-]. The molecule has 9 heteroatoms. The monoisotopic (exact) mass is 327 g/mol. The van der Waals surface area contributed by atoms with Gasteiger partial charge in [0.05, 0.1) is 0 Å². The summed E-state index contributed by atoms with van der Waals surface area (Å²) in [5.41, 5.74) is 0. The molecule has 0 bridgehead atoms. The van der Waals surface area contributed by atoms with Crippen molar-refractivity contribution in [3.63, 3.8) is 0 Å². The molecule has 1 atom stereocenters. The van der Waals surface area contributed by atoms with E-state index in [4.69, 9.17) is 24.4 Å². The zero-order valence-electron chi connectivity index (χ0n) is 10.8. The molecule has 0 aliphatic heterocycles. The first-order chi connectivity index (χ1) is 8.25. The first-order valence-corrected chi connectivity index (χ1v) is 7.79. The minimum Gasteiger partial charge on any atom is -0.364 e. The van der Waals surface area contributed by atoms with Crippen LogP contribution < -0.4 is 0 Å². The minimum absolute atomic E-state index is 0.292. The predicted octanol–water partition coefficient (Wildman–Crippen LogP) is 2.14. The van der Waals surface area contributed by atoms with Crippen molar-refractivity contribution in [1.29, 1.82) is 0 Å². The molecule has 0 N–H and O–H groups in total. The summed E-state index contributed by atoms with van der Waals surface area (Å²) in [6.45, 7) is 0. The van der Waals surface area contributed by atoms with Crippen molar-refractivity contribution in [1.82, 2.24) is 9.80 Å². The molecule has 0 fully saturated rings. The van der Waals surface area contributed by atoms with E-state index in [1.54, 1.807) is 19.0 Å². The fraction of sp³-hybridized carbons (Fsp3) is 0.778. The Bertz CT molecular complexity index is 323. The molecule has 0 aliphatic rings. The van der Waals surface area contributed by atoms with Gasteiger partial charge in [0.2, 0.25) is 0 Å². The third kappa shape index (κ3) is 7.34. The topological polar surface area (TPSA) is 49.6 Å². The van der Waals surface area contributed by atoms with Gasteiger partial charge in [-0.2, -0.15) is 0 Å². The summed E-state index contributed by atoms with van der Waals surface area (Å²) < 4.78 is 1.26. The van der Waals surface area contributed by atoms with Gasteiger partial charge in [-0.1, -0.05) is 36.2 Å². The average molecular weight is 328 g/mol. The lowest BCUT2D eigenvalue weighted by atomic mass is 10.5. The quantitative estimate of drug-likeness (QED) is 0.329.